The van der Waals surface area contributed by atoms with Crippen molar-refractivity contribution < 1.29 is 32.7 Å². The summed E-state index contributed by atoms with van der Waals surface area (Å²) >= 11 is 0. The van der Waals surface area contributed by atoms with Crippen molar-refractivity contribution >= 4 is 29.3 Å². The lowest BCUT2D eigenvalue weighted by Gasteiger charge is -2.28. The highest BCUT2D eigenvalue weighted by Gasteiger charge is 2.34. The molecule has 10 nitrogen and oxygen atoms in total. The summed E-state index contributed by atoms with van der Waals surface area (Å²) in [6, 6.07) is 2.17. The zero-order valence-corrected chi connectivity index (χ0v) is 19.0. The van der Waals surface area contributed by atoms with Crippen LogP contribution in [0.3, 0.4) is 0 Å². The highest BCUT2D eigenvalue weighted by atomic mass is 19.1. The van der Waals surface area contributed by atoms with Gasteiger partial charge in [0.2, 0.25) is 11.8 Å². The van der Waals surface area contributed by atoms with E-state index in [0.717, 1.165) is 43.0 Å². The summed E-state index contributed by atoms with van der Waals surface area (Å²) in [5, 5.41) is 7.08. The normalized spacial score (nSPS) is 21.9. The number of carbonyl (C=O) groups is 3. The minimum absolute atomic E-state index is 0.0304. The molecule has 3 aliphatic heterocycles. The number of nitrogens with one attached hydrogen (secondary N) is 2. The van der Waals surface area contributed by atoms with E-state index in [2.05, 4.69) is 10.6 Å². The van der Waals surface area contributed by atoms with Gasteiger partial charge in [0.15, 0.2) is 11.6 Å². The van der Waals surface area contributed by atoms with Gasteiger partial charge in [0.25, 0.3) is 0 Å². The van der Waals surface area contributed by atoms with Crippen LogP contribution in [0, 0.1) is 17.6 Å². The molecule has 3 fully saturated rings. The Morgan fingerprint density at radius 3 is 2.53 bits per heavy atom. The molecule has 2 N–H and O–H groups in total. The second kappa shape index (κ2) is 10.5. The molecule has 1 atom stereocenters. The average Bonchev–Trinajstić information content (AvgIpc) is 3.02. The van der Waals surface area contributed by atoms with E-state index in [1.807, 2.05) is 0 Å². The van der Waals surface area contributed by atoms with Crippen molar-refractivity contribution in [2.75, 3.05) is 62.2 Å². The van der Waals surface area contributed by atoms with Crippen LogP contribution in [0.25, 0.3) is 0 Å². The van der Waals surface area contributed by atoms with Gasteiger partial charge >= 0.3 is 6.09 Å². The molecular weight excluding hydrogens is 452 g/mol. The van der Waals surface area contributed by atoms with Crippen LogP contribution in [0.15, 0.2) is 12.1 Å². The Hall–Kier alpha value is -2.99. The van der Waals surface area contributed by atoms with Crippen LogP contribution >= 0.6 is 0 Å². The Morgan fingerprint density at radius 2 is 1.85 bits per heavy atom. The predicted molar refractivity (Wildman–Crippen MR) is 118 cm³/mol. The first-order valence-corrected chi connectivity index (χ1v) is 11.4. The second-order valence-corrected chi connectivity index (χ2v) is 8.60. The maximum atomic E-state index is 15.1. The van der Waals surface area contributed by atoms with Crippen LogP contribution in [-0.2, 0) is 19.2 Å². The summed E-state index contributed by atoms with van der Waals surface area (Å²) in [5.41, 5.74) is -0.200. The van der Waals surface area contributed by atoms with Gasteiger partial charge in [-0.1, -0.05) is 0 Å². The molecule has 1 unspecified atom stereocenters. The lowest BCUT2D eigenvalue weighted by Crippen LogP contribution is -2.42. The molecule has 1 aromatic carbocycles. The third kappa shape index (κ3) is 5.39. The van der Waals surface area contributed by atoms with E-state index < -0.39 is 23.8 Å². The van der Waals surface area contributed by atoms with Crippen molar-refractivity contribution in [2.45, 2.75) is 25.9 Å². The van der Waals surface area contributed by atoms with Crippen LogP contribution < -0.4 is 20.4 Å². The first-order valence-electron chi connectivity index (χ1n) is 11.4. The number of hydroxylamine groups is 2. The zero-order chi connectivity index (χ0) is 24.2. The molecule has 0 aliphatic carbocycles. The summed E-state index contributed by atoms with van der Waals surface area (Å²) < 4.78 is 35.3. The number of amides is 3. The third-order valence-corrected chi connectivity index (χ3v) is 6.20. The van der Waals surface area contributed by atoms with E-state index >= 15 is 8.78 Å². The monoisotopic (exact) mass is 481 g/mol. The standard InChI is InChI=1S/C22H29F2N5O5/c1-14(30)26-12-17-13-28(22(32)34-17)16-10-18(23)20(19(24)11-16)27-6-7-29(33-9-8-27)21(31)15-2-4-25-5-3-15/h10-11,15,17,25H,2-9,12-13H2,1H3,(H,26,30). The number of hydrogen-bond donors (Lipinski definition) is 2. The number of rotatable bonds is 5. The highest BCUT2D eigenvalue weighted by molar-refractivity contribution is 5.90. The minimum atomic E-state index is -0.828. The van der Waals surface area contributed by atoms with Gasteiger partial charge in [-0.25, -0.2) is 18.6 Å². The molecular formula is C22H29F2N5O5. The molecule has 186 valence electrons. The minimum Gasteiger partial charge on any atom is -0.442 e. The van der Waals surface area contributed by atoms with Gasteiger partial charge in [-0.15, -0.1) is 0 Å². The largest absolute Gasteiger partial charge is 0.442 e. The summed E-state index contributed by atoms with van der Waals surface area (Å²) in [4.78, 5) is 44.2. The Balaban J connectivity index is 1.42. The lowest BCUT2D eigenvalue weighted by atomic mass is 9.97. The number of nitrogens with zero attached hydrogens (tertiary/aromatic N) is 3. The molecule has 0 spiro atoms. The van der Waals surface area contributed by atoms with Crippen LogP contribution in [0.1, 0.15) is 19.8 Å². The van der Waals surface area contributed by atoms with E-state index in [1.165, 1.54) is 16.9 Å². The second-order valence-electron chi connectivity index (χ2n) is 8.60. The summed E-state index contributed by atoms with van der Waals surface area (Å²) in [5.74, 6) is -2.14. The Morgan fingerprint density at radius 1 is 1.15 bits per heavy atom. The number of ether oxygens (including phenoxy) is 1. The fourth-order valence-corrected chi connectivity index (χ4v) is 4.43. The number of anilines is 2. The van der Waals surface area contributed by atoms with E-state index in [0.29, 0.717) is 0 Å². The number of benzene rings is 1. The molecule has 4 rings (SSSR count). The fraction of sp³-hybridized carbons (Fsp3) is 0.591. The van der Waals surface area contributed by atoms with Gasteiger partial charge < -0.3 is 20.3 Å². The number of cyclic esters (lactones) is 1. The Bertz CT molecular complexity index is 919. The first-order chi connectivity index (χ1) is 16.3. The van der Waals surface area contributed by atoms with Crippen molar-refractivity contribution in [2.24, 2.45) is 5.92 Å². The van der Waals surface area contributed by atoms with E-state index in [9.17, 15) is 14.4 Å². The van der Waals surface area contributed by atoms with Crippen LogP contribution in [0.5, 0.6) is 0 Å². The van der Waals surface area contributed by atoms with Crippen molar-refractivity contribution in [3.05, 3.63) is 23.8 Å². The number of hydrogen-bond acceptors (Lipinski definition) is 7. The molecule has 34 heavy (non-hydrogen) atoms. The zero-order valence-electron chi connectivity index (χ0n) is 19.0. The van der Waals surface area contributed by atoms with Crippen molar-refractivity contribution in [3.8, 4) is 0 Å². The van der Waals surface area contributed by atoms with Crippen molar-refractivity contribution in [1.82, 2.24) is 15.7 Å². The smallest absolute Gasteiger partial charge is 0.414 e. The predicted octanol–water partition coefficient (Wildman–Crippen LogP) is 1.01. The molecule has 1 aromatic rings. The molecule has 0 saturated carbocycles. The molecule has 3 heterocycles. The highest BCUT2D eigenvalue weighted by Crippen LogP contribution is 2.31. The third-order valence-electron chi connectivity index (χ3n) is 6.20. The molecule has 0 aromatic heterocycles. The van der Waals surface area contributed by atoms with E-state index in [-0.39, 0.29) is 68.4 Å². The molecule has 0 bridgehead atoms. The Labute approximate surface area is 196 Å². The van der Waals surface area contributed by atoms with Crippen molar-refractivity contribution in [1.29, 1.82) is 0 Å². The number of halogens is 2. The van der Waals surface area contributed by atoms with Crippen molar-refractivity contribution in [3.63, 3.8) is 0 Å². The van der Waals surface area contributed by atoms with Gasteiger partial charge in [0.1, 0.15) is 11.8 Å². The lowest BCUT2D eigenvalue weighted by molar-refractivity contribution is -0.187. The molecule has 0 radical (unpaired) electrons. The van der Waals surface area contributed by atoms with Gasteiger partial charge in [0, 0.05) is 38.1 Å². The summed E-state index contributed by atoms with van der Waals surface area (Å²) in [6.07, 6.45) is 0.112. The number of piperidine rings is 1. The molecule has 3 saturated heterocycles. The first kappa shape index (κ1) is 24.1. The quantitative estimate of drug-likeness (QED) is 0.647. The average molecular weight is 482 g/mol. The van der Waals surface area contributed by atoms with Crippen LogP contribution in [0.4, 0.5) is 25.0 Å². The van der Waals surface area contributed by atoms with Crippen LogP contribution in [-0.4, -0.2) is 81.5 Å². The molecule has 12 heteroatoms. The molecule has 3 aliphatic rings. The maximum Gasteiger partial charge on any atom is 0.414 e. The Kier molecular flexibility index (Phi) is 7.47. The SMILES string of the molecule is CC(=O)NCC1CN(c2cc(F)c(N3CCON(C(=O)C4CCNCC4)CC3)c(F)c2)C(=O)O1. The molecule has 3 amide bonds. The fourth-order valence-electron chi connectivity index (χ4n) is 4.43. The van der Waals surface area contributed by atoms with E-state index in [4.69, 9.17) is 9.57 Å². The summed E-state index contributed by atoms with van der Waals surface area (Å²) in [7, 11) is 0. The number of carbonyl (C=O) groups excluding carboxylic acids is 3. The van der Waals surface area contributed by atoms with Crippen LogP contribution in [0.2, 0.25) is 0 Å². The van der Waals surface area contributed by atoms with Gasteiger partial charge in [-0.2, -0.15) is 0 Å². The topological polar surface area (TPSA) is 103 Å². The maximum absolute atomic E-state index is 15.1. The van der Waals surface area contributed by atoms with Gasteiger partial charge in [0.05, 0.1) is 31.9 Å². The van der Waals surface area contributed by atoms with Gasteiger partial charge in [-0.3, -0.25) is 19.3 Å². The van der Waals surface area contributed by atoms with Gasteiger partial charge in [-0.05, 0) is 25.9 Å². The van der Waals surface area contributed by atoms with E-state index in [1.54, 1.807) is 0 Å². The summed E-state index contributed by atoms with van der Waals surface area (Å²) in [6.45, 7) is 3.77.